The SMILES string of the molecule is ONc1ccc(Oc2cc(O)ccc2-c2ccccc2)cc1. The Hall–Kier alpha value is -2.98. The van der Waals surface area contributed by atoms with Gasteiger partial charge in [-0.05, 0) is 42.0 Å². The van der Waals surface area contributed by atoms with E-state index in [-0.39, 0.29) is 5.75 Å². The van der Waals surface area contributed by atoms with Crippen LogP contribution in [0.15, 0.2) is 72.8 Å². The van der Waals surface area contributed by atoms with Gasteiger partial charge in [-0.25, -0.2) is 0 Å². The van der Waals surface area contributed by atoms with E-state index >= 15 is 0 Å². The maximum absolute atomic E-state index is 9.72. The Morgan fingerprint density at radius 3 is 2.23 bits per heavy atom. The fraction of sp³-hybridized carbons (Fsp3) is 0. The van der Waals surface area contributed by atoms with Crippen LogP contribution in [0, 0.1) is 0 Å². The first-order valence-corrected chi connectivity index (χ1v) is 6.83. The molecular weight excluding hydrogens is 278 g/mol. The molecule has 0 spiro atoms. The van der Waals surface area contributed by atoms with Gasteiger partial charge in [-0.2, -0.15) is 0 Å². The van der Waals surface area contributed by atoms with Crippen LogP contribution in [0.2, 0.25) is 0 Å². The van der Waals surface area contributed by atoms with Gasteiger partial charge in [0.25, 0.3) is 0 Å². The Kier molecular flexibility index (Phi) is 3.94. The summed E-state index contributed by atoms with van der Waals surface area (Å²) in [4.78, 5) is 0. The van der Waals surface area contributed by atoms with Gasteiger partial charge in [-0.15, -0.1) is 0 Å². The highest BCUT2D eigenvalue weighted by Crippen LogP contribution is 2.36. The van der Waals surface area contributed by atoms with Gasteiger partial charge < -0.3 is 9.84 Å². The van der Waals surface area contributed by atoms with Crippen LogP contribution in [0.4, 0.5) is 5.69 Å². The van der Waals surface area contributed by atoms with Crippen molar-refractivity contribution in [2.45, 2.75) is 0 Å². The number of anilines is 1. The van der Waals surface area contributed by atoms with Crippen molar-refractivity contribution in [2.24, 2.45) is 0 Å². The number of ether oxygens (including phenoxy) is 1. The Morgan fingerprint density at radius 1 is 0.818 bits per heavy atom. The first-order chi connectivity index (χ1) is 10.8. The van der Waals surface area contributed by atoms with E-state index in [9.17, 15) is 5.11 Å². The molecule has 3 rings (SSSR count). The third kappa shape index (κ3) is 3.02. The van der Waals surface area contributed by atoms with Crippen molar-refractivity contribution in [2.75, 3.05) is 5.48 Å². The van der Waals surface area contributed by atoms with Crippen LogP contribution in [-0.4, -0.2) is 10.3 Å². The van der Waals surface area contributed by atoms with E-state index in [0.717, 1.165) is 11.1 Å². The average Bonchev–Trinajstić information content (AvgIpc) is 2.56. The van der Waals surface area contributed by atoms with E-state index in [1.807, 2.05) is 36.4 Å². The Balaban J connectivity index is 1.96. The molecule has 0 atom stereocenters. The number of phenolic OH excluding ortho intramolecular Hbond substituents is 1. The quantitative estimate of drug-likeness (QED) is 0.613. The van der Waals surface area contributed by atoms with Crippen molar-refractivity contribution in [3.05, 3.63) is 72.8 Å². The molecule has 0 amide bonds. The number of hydrogen-bond acceptors (Lipinski definition) is 4. The molecule has 0 aliphatic heterocycles. The molecule has 3 aromatic carbocycles. The van der Waals surface area contributed by atoms with Crippen molar-refractivity contribution in [1.82, 2.24) is 0 Å². The van der Waals surface area contributed by atoms with E-state index in [1.165, 1.54) is 0 Å². The monoisotopic (exact) mass is 293 g/mol. The standard InChI is InChI=1S/C18H15NO3/c20-15-8-11-17(13-4-2-1-3-5-13)18(12-15)22-16-9-6-14(19-21)7-10-16/h1-12,19-21H. The third-order valence-electron chi connectivity index (χ3n) is 3.26. The minimum Gasteiger partial charge on any atom is -0.508 e. The van der Waals surface area contributed by atoms with Gasteiger partial charge in [0.15, 0.2) is 0 Å². The molecular formula is C18H15NO3. The average molecular weight is 293 g/mol. The summed E-state index contributed by atoms with van der Waals surface area (Å²) in [5.74, 6) is 1.32. The van der Waals surface area contributed by atoms with Crippen molar-refractivity contribution in [1.29, 1.82) is 0 Å². The third-order valence-corrected chi connectivity index (χ3v) is 3.26. The first kappa shape index (κ1) is 14.0. The maximum Gasteiger partial charge on any atom is 0.138 e. The van der Waals surface area contributed by atoms with E-state index in [2.05, 4.69) is 5.48 Å². The van der Waals surface area contributed by atoms with Crippen LogP contribution in [0.1, 0.15) is 0 Å². The fourth-order valence-electron chi connectivity index (χ4n) is 2.18. The number of phenols is 1. The van der Waals surface area contributed by atoms with Gasteiger partial charge in [-0.1, -0.05) is 30.3 Å². The van der Waals surface area contributed by atoms with Crippen LogP contribution < -0.4 is 10.2 Å². The molecule has 0 aliphatic rings. The van der Waals surface area contributed by atoms with Crippen molar-refractivity contribution >= 4 is 5.69 Å². The lowest BCUT2D eigenvalue weighted by Crippen LogP contribution is -1.90. The predicted octanol–water partition coefficient (Wildman–Crippen LogP) is 4.65. The normalized spacial score (nSPS) is 10.2. The summed E-state index contributed by atoms with van der Waals surface area (Å²) in [6.07, 6.45) is 0. The lowest BCUT2D eigenvalue weighted by Gasteiger charge is -2.12. The lowest BCUT2D eigenvalue weighted by atomic mass is 10.0. The highest BCUT2D eigenvalue weighted by molar-refractivity contribution is 5.72. The second-order valence-electron chi connectivity index (χ2n) is 4.78. The van der Waals surface area contributed by atoms with E-state index < -0.39 is 0 Å². The molecule has 0 heterocycles. The molecule has 3 aromatic rings. The maximum atomic E-state index is 9.72. The Morgan fingerprint density at radius 2 is 1.55 bits per heavy atom. The van der Waals surface area contributed by atoms with E-state index in [0.29, 0.717) is 17.2 Å². The minimum absolute atomic E-state index is 0.142. The van der Waals surface area contributed by atoms with Gasteiger partial charge in [0.05, 0.1) is 5.69 Å². The second kappa shape index (κ2) is 6.20. The number of benzene rings is 3. The van der Waals surface area contributed by atoms with Crippen LogP contribution in [0.25, 0.3) is 11.1 Å². The summed E-state index contributed by atoms with van der Waals surface area (Å²) in [6.45, 7) is 0. The molecule has 0 bridgehead atoms. The van der Waals surface area contributed by atoms with E-state index in [1.54, 1.807) is 36.4 Å². The zero-order valence-corrected chi connectivity index (χ0v) is 11.7. The van der Waals surface area contributed by atoms with Gasteiger partial charge in [-0.3, -0.25) is 10.7 Å². The topological polar surface area (TPSA) is 61.7 Å². The molecule has 4 nitrogen and oxygen atoms in total. The summed E-state index contributed by atoms with van der Waals surface area (Å²) in [5, 5.41) is 18.5. The molecule has 22 heavy (non-hydrogen) atoms. The molecule has 0 aromatic heterocycles. The summed E-state index contributed by atoms with van der Waals surface area (Å²) in [5.41, 5.74) is 4.54. The molecule has 110 valence electrons. The predicted molar refractivity (Wildman–Crippen MR) is 85.5 cm³/mol. The smallest absolute Gasteiger partial charge is 0.138 e. The number of hydrogen-bond donors (Lipinski definition) is 3. The Labute approximate surface area is 128 Å². The van der Waals surface area contributed by atoms with Crippen molar-refractivity contribution < 1.29 is 15.1 Å². The van der Waals surface area contributed by atoms with Crippen molar-refractivity contribution in [3.63, 3.8) is 0 Å². The van der Waals surface area contributed by atoms with Crippen LogP contribution in [-0.2, 0) is 0 Å². The molecule has 0 saturated carbocycles. The molecule has 3 N–H and O–H groups in total. The van der Waals surface area contributed by atoms with Gasteiger partial charge >= 0.3 is 0 Å². The molecule has 0 saturated heterocycles. The minimum atomic E-state index is 0.142. The number of rotatable bonds is 4. The zero-order chi connectivity index (χ0) is 15.4. The molecule has 4 heteroatoms. The summed E-state index contributed by atoms with van der Waals surface area (Å²) >= 11 is 0. The van der Waals surface area contributed by atoms with Crippen LogP contribution in [0.5, 0.6) is 17.2 Å². The van der Waals surface area contributed by atoms with Crippen molar-refractivity contribution in [3.8, 4) is 28.4 Å². The summed E-state index contributed by atoms with van der Waals surface area (Å²) in [7, 11) is 0. The lowest BCUT2D eigenvalue weighted by molar-refractivity contribution is 0.388. The summed E-state index contributed by atoms with van der Waals surface area (Å²) < 4.78 is 5.87. The molecule has 0 fully saturated rings. The highest BCUT2D eigenvalue weighted by atomic mass is 16.5. The van der Waals surface area contributed by atoms with Gasteiger partial charge in [0.1, 0.15) is 17.2 Å². The molecule has 0 aliphatic carbocycles. The van der Waals surface area contributed by atoms with Crippen LogP contribution in [0.3, 0.4) is 0 Å². The first-order valence-electron chi connectivity index (χ1n) is 6.83. The number of aromatic hydroxyl groups is 1. The zero-order valence-electron chi connectivity index (χ0n) is 11.7. The highest BCUT2D eigenvalue weighted by Gasteiger charge is 2.08. The molecule has 0 radical (unpaired) electrons. The van der Waals surface area contributed by atoms with Crippen LogP contribution >= 0.6 is 0 Å². The Bertz CT molecular complexity index is 755. The van der Waals surface area contributed by atoms with Gasteiger partial charge in [0, 0.05) is 11.6 Å². The summed E-state index contributed by atoms with van der Waals surface area (Å²) in [6, 6.07) is 21.7. The second-order valence-corrected chi connectivity index (χ2v) is 4.78. The van der Waals surface area contributed by atoms with Gasteiger partial charge in [0.2, 0.25) is 0 Å². The largest absolute Gasteiger partial charge is 0.508 e. The number of nitrogens with one attached hydrogen (secondary N) is 1. The fourth-order valence-corrected chi connectivity index (χ4v) is 2.18. The van der Waals surface area contributed by atoms with E-state index in [4.69, 9.17) is 9.94 Å². The molecule has 0 unspecified atom stereocenters.